The van der Waals surface area contributed by atoms with Gasteiger partial charge in [-0.15, -0.1) is 0 Å². The van der Waals surface area contributed by atoms with Gasteiger partial charge in [0, 0.05) is 18.2 Å². The molecule has 1 rings (SSSR count). The number of hydrogen-bond acceptors (Lipinski definition) is 4. The fraction of sp³-hybridized carbons (Fsp3) is 0.444. The van der Waals surface area contributed by atoms with E-state index in [1.54, 1.807) is 18.7 Å². The van der Waals surface area contributed by atoms with E-state index in [0.29, 0.717) is 6.61 Å². The summed E-state index contributed by atoms with van der Waals surface area (Å²) in [6.45, 7) is 4.22. The third-order valence-corrected chi connectivity index (χ3v) is 2.56. The predicted octanol–water partition coefficient (Wildman–Crippen LogP) is 1.93. The molecule has 13 heavy (non-hydrogen) atoms. The topological polar surface area (TPSA) is 29.5 Å². The summed E-state index contributed by atoms with van der Waals surface area (Å²) in [5.74, 6) is -0.278. The Balaban J connectivity index is 2.59. The fourth-order valence-corrected chi connectivity index (χ4v) is 1.91. The maximum absolute atomic E-state index is 11.1. The van der Waals surface area contributed by atoms with Crippen LogP contribution in [0.25, 0.3) is 0 Å². The Kier molecular flexibility index (Phi) is 3.42. The second-order valence-corrected chi connectivity index (χ2v) is 3.95. The molecular weight excluding hydrogens is 186 g/mol. The maximum atomic E-state index is 11.1. The SMILES string of the molecule is CCOC(=O)/C=C1\SC(C)=CN1C. The van der Waals surface area contributed by atoms with E-state index in [1.807, 2.05) is 25.1 Å². The van der Waals surface area contributed by atoms with Crippen molar-refractivity contribution in [1.29, 1.82) is 0 Å². The van der Waals surface area contributed by atoms with Crippen molar-refractivity contribution in [3.8, 4) is 0 Å². The summed E-state index contributed by atoms with van der Waals surface area (Å²) in [5.41, 5.74) is 0. The van der Waals surface area contributed by atoms with Gasteiger partial charge in [-0.05, 0) is 13.8 Å². The van der Waals surface area contributed by atoms with Gasteiger partial charge >= 0.3 is 5.97 Å². The molecule has 0 unspecified atom stereocenters. The smallest absolute Gasteiger partial charge is 0.333 e. The first kappa shape index (κ1) is 10.2. The van der Waals surface area contributed by atoms with Gasteiger partial charge in [-0.25, -0.2) is 4.79 Å². The summed E-state index contributed by atoms with van der Waals surface area (Å²) in [6.07, 6.45) is 3.50. The zero-order valence-electron chi connectivity index (χ0n) is 8.03. The highest BCUT2D eigenvalue weighted by molar-refractivity contribution is 8.06. The maximum Gasteiger partial charge on any atom is 0.333 e. The fourth-order valence-electron chi connectivity index (χ4n) is 1.02. The van der Waals surface area contributed by atoms with E-state index in [1.165, 1.54) is 11.0 Å². The van der Waals surface area contributed by atoms with Crippen molar-refractivity contribution in [3.63, 3.8) is 0 Å². The molecule has 72 valence electrons. The Morgan fingerprint density at radius 1 is 1.77 bits per heavy atom. The van der Waals surface area contributed by atoms with Gasteiger partial charge in [0.25, 0.3) is 0 Å². The zero-order chi connectivity index (χ0) is 9.84. The van der Waals surface area contributed by atoms with Crippen LogP contribution in [0.1, 0.15) is 13.8 Å². The van der Waals surface area contributed by atoms with Crippen molar-refractivity contribution in [1.82, 2.24) is 4.90 Å². The number of thioether (sulfide) groups is 1. The van der Waals surface area contributed by atoms with Crippen LogP contribution in [-0.4, -0.2) is 24.5 Å². The van der Waals surface area contributed by atoms with E-state index in [2.05, 4.69) is 0 Å². The van der Waals surface area contributed by atoms with E-state index < -0.39 is 0 Å². The number of ether oxygens (including phenoxy) is 1. The van der Waals surface area contributed by atoms with Gasteiger partial charge < -0.3 is 9.64 Å². The quantitative estimate of drug-likeness (QED) is 0.502. The Hall–Kier alpha value is -0.900. The van der Waals surface area contributed by atoms with Gasteiger partial charge in [0.15, 0.2) is 0 Å². The van der Waals surface area contributed by atoms with Crippen LogP contribution < -0.4 is 0 Å². The second-order valence-electron chi connectivity index (χ2n) is 2.69. The number of rotatable bonds is 2. The number of allylic oxidation sites excluding steroid dienone is 1. The molecule has 0 saturated carbocycles. The van der Waals surface area contributed by atoms with Crippen molar-refractivity contribution in [2.75, 3.05) is 13.7 Å². The lowest BCUT2D eigenvalue weighted by molar-refractivity contribution is -0.137. The number of carbonyl (C=O) groups is 1. The van der Waals surface area contributed by atoms with Gasteiger partial charge in [0.05, 0.1) is 17.7 Å². The number of esters is 1. The standard InChI is InChI=1S/C9H13NO2S/c1-4-12-9(11)5-8-10(3)6-7(2)13-8/h5-6H,4H2,1-3H3/b8-5-. The minimum atomic E-state index is -0.278. The molecule has 0 radical (unpaired) electrons. The molecule has 0 aromatic carbocycles. The molecule has 0 atom stereocenters. The Morgan fingerprint density at radius 3 is 2.92 bits per heavy atom. The Bertz CT molecular complexity index is 271. The van der Waals surface area contributed by atoms with Crippen LogP contribution in [0.15, 0.2) is 22.2 Å². The molecular formula is C9H13NO2S. The first-order valence-electron chi connectivity index (χ1n) is 4.11. The van der Waals surface area contributed by atoms with Gasteiger partial charge in [0.2, 0.25) is 0 Å². The molecule has 0 spiro atoms. The molecule has 0 amide bonds. The Labute approximate surface area is 82.4 Å². The molecule has 4 heteroatoms. The van der Waals surface area contributed by atoms with Crippen molar-refractivity contribution < 1.29 is 9.53 Å². The van der Waals surface area contributed by atoms with Crippen LogP contribution in [0, 0.1) is 0 Å². The normalized spacial score (nSPS) is 19.2. The number of hydrogen-bond donors (Lipinski definition) is 0. The molecule has 1 heterocycles. The summed E-state index contributed by atoms with van der Waals surface area (Å²) < 4.78 is 4.81. The van der Waals surface area contributed by atoms with E-state index >= 15 is 0 Å². The number of carbonyl (C=O) groups excluding carboxylic acids is 1. The van der Waals surface area contributed by atoms with E-state index in [-0.39, 0.29) is 5.97 Å². The van der Waals surface area contributed by atoms with Crippen LogP contribution in [0.5, 0.6) is 0 Å². The van der Waals surface area contributed by atoms with Crippen molar-refractivity contribution >= 4 is 17.7 Å². The molecule has 1 aliphatic heterocycles. The molecule has 0 saturated heterocycles. The molecule has 0 fully saturated rings. The van der Waals surface area contributed by atoms with E-state index in [9.17, 15) is 4.79 Å². The van der Waals surface area contributed by atoms with Crippen LogP contribution in [0.2, 0.25) is 0 Å². The first-order chi connectivity index (χ1) is 6.13. The van der Waals surface area contributed by atoms with Crippen molar-refractivity contribution in [2.24, 2.45) is 0 Å². The van der Waals surface area contributed by atoms with Crippen molar-refractivity contribution in [2.45, 2.75) is 13.8 Å². The van der Waals surface area contributed by atoms with Gasteiger partial charge in [-0.2, -0.15) is 0 Å². The van der Waals surface area contributed by atoms with Gasteiger partial charge in [-0.1, -0.05) is 11.8 Å². The van der Waals surface area contributed by atoms with Crippen LogP contribution >= 0.6 is 11.8 Å². The summed E-state index contributed by atoms with van der Waals surface area (Å²) >= 11 is 1.58. The molecule has 0 bridgehead atoms. The third-order valence-electron chi connectivity index (χ3n) is 1.52. The molecule has 0 aliphatic carbocycles. The monoisotopic (exact) mass is 199 g/mol. The minimum Gasteiger partial charge on any atom is -0.463 e. The lowest BCUT2D eigenvalue weighted by Gasteiger charge is -2.08. The number of nitrogens with zero attached hydrogens (tertiary/aromatic N) is 1. The highest BCUT2D eigenvalue weighted by Crippen LogP contribution is 2.34. The first-order valence-corrected chi connectivity index (χ1v) is 4.92. The van der Waals surface area contributed by atoms with Crippen LogP contribution in [0.3, 0.4) is 0 Å². The van der Waals surface area contributed by atoms with Crippen molar-refractivity contribution in [3.05, 3.63) is 22.2 Å². The van der Waals surface area contributed by atoms with E-state index in [0.717, 1.165) is 5.03 Å². The third kappa shape index (κ3) is 2.81. The lowest BCUT2D eigenvalue weighted by Crippen LogP contribution is -2.07. The predicted molar refractivity (Wildman–Crippen MR) is 53.8 cm³/mol. The minimum absolute atomic E-state index is 0.278. The molecule has 0 aromatic rings. The summed E-state index contributed by atoms with van der Waals surface area (Å²) in [4.78, 5) is 14.2. The molecule has 3 nitrogen and oxygen atoms in total. The van der Waals surface area contributed by atoms with Crippen LogP contribution in [-0.2, 0) is 9.53 Å². The highest BCUT2D eigenvalue weighted by Gasteiger charge is 2.14. The Morgan fingerprint density at radius 2 is 2.46 bits per heavy atom. The summed E-state index contributed by atoms with van der Waals surface area (Å²) in [7, 11) is 1.91. The average molecular weight is 199 g/mol. The molecule has 0 aromatic heterocycles. The highest BCUT2D eigenvalue weighted by atomic mass is 32.2. The van der Waals surface area contributed by atoms with Crippen LogP contribution in [0.4, 0.5) is 0 Å². The van der Waals surface area contributed by atoms with E-state index in [4.69, 9.17) is 4.74 Å². The summed E-state index contributed by atoms with van der Waals surface area (Å²) in [6, 6.07) is 0. The molecule has 1 aliphatic rings. The zero-order valence-corrected chi connectivity index (χ0v) is 8.85. The largest absolute Gasteiger partial charge is 0.463 e. The second kappa shape index (κ2) is 4.37. The lowest BCUT2D eigenvalue weighted by atomic mass is 10.5. The molecule has 0 N–H and O–H groups in total. The average Bonchev–Trinajstić information content (AvgIpc) is 2.30. The van der Waals surface area contributed by atoms with Gasteiger partial charge in [0.1, 0.15) is 0 Å². The summed E-state index contributed by atoms with van der Waals surface area (Å²) in [5, 5.41) is 0.913. The van der Waals surface area contributed by atoms with Gasteiger partial charge in [-0.3, -0.25) is 0 Å².